The zero-order valence-corrected chi connectivity index (χ0v) is 38.3. The fourth-order valence-corrected chi connectivity index (χ4v) is 7.01. The van der Waals surface area contributed by atoms with Crippen LogP contribution < -0.4 is 0 Å². The Morgan fingerprint density at radius 2 is 0.507 bits per heavy atom. The molecule has 3 rings (SSSR count). The van der Waals surface area contributed by atoms with Crippen molar-refractivity contribution in [2.45, 2.75) is 168 Å². The molecule has 0 unspecified atom stereocenters. The molecular weight excluding hydrogens is 912 g/mol. The second-order valence-electron chi connectivity index (χ2n) is 14.9. The van der Waals surface area contributed by atoms with E-state index < -0.39 is 178 Å². The minimum atomic E-state index is -2.17. The zero-order chi connectivity index (χ0) is 50.4. The summed E-state index contributed by atoms with van der Waals surface area (Å²) in [5.41, 5.74) is 0. The van der Waals surface area contributed by atoms with E-state index in [9.17, 15) is 52.7 Å². The van der Waals surface area contributed by atoms with E-state index in [0.29, 0.717) is 0 Å². The van der Waals surface area contributed by atoms with Crippen LogP contribution in [-0.4, -0.2) is 178 Å². The SMILES string of the molecule is CC(=O)OC[C@H]1O[C@H](O[C@@H]2[C@@H](O[C@@H]3[C@H](OC(C)=O)[C@@H](OC(C)=O)O[C@H](COC(C)=O)[C@H]3OC(C)=O)O[C@H](COC(C)=O)[C@@H](OC(C)=O)[C@@H]2OC(C)=O)[C@@H](OC(C)=O)[C@@H](OC(C)=O)[C@@H]1OC(C)=O. The number of carbonyl (C=O) groups excluding carboxylic acids is 11. The van der Waals surface area contributed by atoms with E-state index >= 15 is 0 Å². The molecule has 0 aromatic heterocycles. The van der Waals surface area contributed by atoms with Crippen molar-refractivity contribution in [3.05, 3.63) is 0 Å². The van der Waals surface area contributed by atoms with Crippen molar-refractivity contribution in [3.8, 4) is 0 Å². The highest BCUT2D eigenvalue weighted by atomic mass is 16.8. The average molecular weight is 967 g/mol. The third kappa shape index (κ3) is 17.0. The van der Waals surface area contributed by atoms with Gasteiger partial charge in [-0.15, -0.1) is 0 Å². The van der Waals surface area contributed by atoms with Gasteiger partial charge in [0.25, 0.3) is 0 Å². The maximum absolute atomic E-state index is 13.0. The molecule has 15 atom stereocenters. The first-order valence-electron chi connectivity index (χ1n) is 20.3. The number of ether oxygens (including phenoxy) is 16. The van der Waals surface area contributed by atoms with E-state index in [1.165, 1.54) is 0 Å². The van der Waals surface area contributed by atoms with Crippen molar-refractivity contribution in [3.63, 3.8) is 0 Å². The largest absolute Gasteiger partial charge is 0.463 e. The Hall–Kier alpha value is -6.03. The molecule has 67 heavy (non-hydrogen) atoms. The minimum Gasteiger partial charge on any atom is -0.463 e. The van der Waals surface area contributed by atoms with Gasteiger partial charge >= 0.3 is 65.7 Å². The fraction of sp³-hybridized carbons (Fsp3) is 0.725. The summed E-state index contributed by atoms with van der Waals surface area (Å²) in [6.45, 7) is 8.48. The van der Waals surface area contributed by atoms with Crippen LogP contribution in [0.15, 0.2) is 0 Å². The Kier molecular flexibility index (Phi) is 20.8. The molecule has 3 heterocycles. The second kappa shape index (κ2) is 25.2. The standard InChI is InChI=1S/C40H54O27/c1-15(41)52-12-26-29(55-18(4)44)32(58-21(7)47)35(60-23(9)49)39(64-26)67-37-33(59-22(8)48)30(56-19(5)45)27(13-53-16(2)42)65-40(37)66-34-31(57-20(6)46)28(14-54-17(3)43)63-38(62-25(11)51)36(34)61-24(10)50/h26-40H,12-14H2,1-11H3/t26-,27-,28-,29-,30-,31-,32+,33+,34+,35+,36+,37+,38+,39-,40-/m1/s1. The van der Waals surface area contributed by atoms with E-state index in [4.69, 9.17) is 75.8 Å². The van der Waals surface area contributed by atoms with E-state index in [1.54, 1.807) is 0 Å². The van der Waals surface area contributed by atoms with Crippen LogP contribution in [0.25, 0.3) is 0 Å². The monoisotopic (exact) mass is 966 g/mol. The highest BCUT2D eigenvalue weighted by molar-refractivity contribution is 5.70. The van der Waals surface area contributed by atoms with Gasteiger partial charge in [-0.1, -0.05) is 0 Å². The fourth-order valence-electron chi connectivity index (χ4n) is 7.01. The lowest BCUT2D eigenvalue weighted by atomic mass is 9.95. The lowest BCUT2D eigenvalue weighted by Crippen LogP contribution is -2.69. The minimum absolute atomic E-state index is 0.715. The first-order valence-corrected chi connectivity index (χ1v) is 20.3. The summed E-state index contributed by atoms with van der Waals surface area (Å²) < 4.78 is 90.8. The van der Waals surface area contributed by atoms with Crippen molar-refractivity contribution in [1.82, 2.24) is 0 Å². The Bertz CT molecular complexity index is 1850. The average Bonchev–Trinajstić information content (AvgIpc) is 3.17. The van der Waals surface area contributed by atoms with Crippen molar-refractivity contribution < 1.29 is 129 Å². The zero-order valence-electron chi connectivity index (χ0n) is 38.3. The number of rotatable bonds is 18. The van der Waals surface area contributed by atoms with Crippen LogP contribution in [-0.2, 0) is 129 Å². The van der Waals surface area contributed by atoms with E-state index in [-0.39, 0.29) is 0 Å². The van der Waals surface area contributed by atoms with Gasteiger partial charge in [-0.3, -0.25) is 52.7 Å². The van der Waals surface area contributed by atoms with E-state index in [1.807, 2.05) is 0 Å². The van der Waals surface area contributed by atoms with Crippen molar-refractivity contribution in [1.29, 1.82) is 0 Å². The smallest absolute Gasteiger partial charge is 0.305 e. The van der Waals surface area contributed by atoms with Crippen molar-refractivity contribution in [2.75, 3.05) is 19.8 Å². The predicted molar refractivity (Wildman–Crippen MR) is 206 cm³/mol. The maximum Gasteiger partial charge on any atom is 0.305 e. The third-order valence-electron chi connectivity index (χ3n) is 9.11. The van der Waals surface area contributed by atoms with Gasteiger partial charge in [-0.25, -0.2) is 0 Å². The predicted octanol–water partition coefficient (Wildman–Crippen LogP) is -1.29. The number of hydrogen-bond acceptors (Lipinski definition) is 27. The molecule has 3 aliphatic rings. The maximum atomic E-state index is 13.0. The van der Waals surface area contributed by atoms with Crippen LogP contribution in [0, 0.1) is 0 Å². The molecule has 0 spiro atoms. The van der Waals surface area contributed by atoms with Gasteiger partial charge in [0.15, 0.2) is 61.4 Å². The van der Waals surface area contributed by atoms with E-state index in [0.717, 1.165) is 76.2 Å². The lowest BCUT2D eigenvalue weighted by molar-refractivity contribution is -0.388. The number of carbonyl (C=O) groups is 11. The van der Waals surface area contributed by atoms with Gasteiger partial charge in [0.1, 0.15) is 44.2 Å². The van der Waals surface area contributed by atoms with Crippen LogP contribution in [0.2, 0.25) is 0 Å². The van der Waals surface area contributed by atoms with Gasteiger partial charge in [0.05, 0.1) is 0 Å². The van der Waals surface area contributed by atoms with E-state index in [2.05, 4.69) is 0 Å². The van der Waals surface area contributed by atoms with Crippen molar-refractivity contribution >= 4 is 65.7 Å². The topological polar surface area (TPSA) is 335 Å². The summed E-state index contributed by atoms with van der Waals surface area (Å²) in [6.07, 6.45) is -28.1. The molecule has 0 N–H and O–H groups in total. The van der Waals surface area contributed by atoms with Gasteiger partial charge in [0, 0.05) is 76.2 Å². The van der Waals surface area contributed by atoms with Gasteiger partial charge in [-0.2, -0.15) is 0 Å². The molecule has 0 radical (unpaired) electrons. The van der Waals surface area contributed by atoms with Gasteiger partial charge in [0.2, 0.25) is 6.29 Å². The first-order chi connectivity index (χ1) is 31.3. The summed E-state index contributed by atoms with van der Waals surface area (Å²) in [6, 6.07) is 0. The summed E-state index contributed by atoms with van der Waals surface area (Å²) in [5.74, 6) is -10.8. The molecule has 27 nitrogen and oxygen atoms in total. The second-order valence-corrected chi connectivity index (χ2v) is 14.9. The molecule has 3 saturated heterocycles. The van der Waals surface area contributed by atoms with Crippen LogP contribution in [0.3, 0.4) is 0 Å². The Morgan fingerprint density at radius 1 is 0.269 bits per heavy atom. The molecule has 0 amide bonds. The molecule has 3 fully saturated rings. The Balaban J connectivity index is 2.43. The molecule has 376 valence electrons. The van der Waals surface area contributed by atoms with Gasteiger partial charge < -0.3 is 75.8 Å². The van der Waals surface area contributed by atoms with Gasteiger partial charge in [-0.05, 0) is 0 Å². The molecule has 3 aliphatic heterocycles. The Morgan fingerprint density at radius 3 is 0.836 bits per heavy atom. The van der Waals surface area contributed by atoms with Crippen LogP contribution in [0.5, 0.6) is 0 Å². The molecule has 0 aromatic carbocycles. The van der Waals surface area contributed by atoms with Crippen LogP contribution in [0.1, 0.15) is 76.2 Å². The summed E-state index contributed by atoms with van der Waals surface area (Å²) in [4.78, 5) is 137. The number of hydrogen-bond donors (Lipinski definition) is 0. The lowest BCUT2D eigenvalue weighted by Gasteiger charge is -2.50. The Labute approximate surface area is 382 Å². The molecular formula is C40H54O27. The summed E-state index contributed by atoms with van der Waals surface area (Å²) in [7, 11) is 0. The highest BCUT2D eigenvalue weighted by Crippen LogP contribution is 2.38. The quantitative estimate of drug-likeness (QED) is 0.114. The van der Waals surface area contributed by atoms with Crippen LogP contribution in [0.4, 0.5) is 0 Å². The molecule has 27 heteroatoms. The van der Waals surface area contributed by atoms with Crippen LogP contribution >= 0.6 is 0 Å². The highest BCUT2D eigenvalue weighted by Gasteiger charge is 2.60. The molecule has 0 aromatic rings. The number of esters is 11. The third-order valence-corrected chi connectivity index (χ3v) is 9.11. The normalized spacial score (nSPS) is 31.2. The van der Waals surface area contributed by atoms with Crippen molar-refractivity contribution in [2.24, 2.45) is 0 Å². The molecule has 0 aliphatic carbocycles. The molecule has 0 saturated carbocycles. The first kappa shape index (κ1) is 55.3. The molecule has 0 bridgehead atoms. The summed E-state index contributed by atoms with van der Waals surface area (Å²) >= 11 is 0. The summed E-state index contributed by atoms with van der Waals surface area (Å²) in [5, 5.41) is 0.